The molecule has 1 aliphatic rings. The number of hydrogen-bond donors (Lipinski definition) is 1. The highest BCUT2D eigenvalue weighted by molar-refractivity contribution is 5.96. The number of carbonyl (C=O) groups is 1. The van der Waals surface area contributed by atoms with E-state index in [1.807, 2.05) is 29.2 Å². The summed E-state index contributed by atoms with van der Waals surface area (Å²) >= 11 is 0. The van der Waals surface area contributed by atoms with Gasteiger partial charge >= 0.3 is 0 Å². The molecule has 1 fully saturated rings. The molecule has 4 heteroatoms. The van der Waals surface area contributed by atoms with Gasteiger partial charge in [-0.25, -0.2) is 0 Å². The molecule has 1 aliphatic heterocycles. The zero-order valence-electron chi connectivity index (χ0n) is 17.1. The van der Waals surface area contributed by atoms with Crippen molar-refractivity contribution < 1.29 is 4.79 Å². The molecule has 1 N–H and O–H groups in total. The van der Waals surface area contributed by atoms with E-state index < -0.39 is 0 Å². The number of benzene rings is 3. The predicted octanol–water partition coefficient (Wildman–Crippen LogP) is 5.77. The highest BCUT2D eigenvalue weighted by Crippen LogP contribution is 2.30. The average Bonchev–Trinajstić information content (AvgIpc) is 3.28. The number of fused-ring (bicyclic) bond motifs is 1. The first-order valence-corrected chi connectivity index (χ1v) is 10.6. The van der Waals surface area contributed by atoms with E-state index in [9.17, 15) is 4.79 Å². The molecule has 0 saturated carbocycles. The molecule has 1 saturated heterocycles. The fourth-order valence-corrected chi connectivity index (χ4v) is 4.41. The van der Waals surface area contributed by atoms with Gasteiger partial charge in [0.25, 0.3) is 5.91 Å². The minimum atomic E-state index is 0.131. The van der Waals surface area contributed by atoms with Gasteiger partial charge in [-0.2, -0.15) is 5.10 Å². The molecule has 0 aliphatic carbocycles. The van der Waals surface area contributed by atoms with Gasteiger partial charge in [0.2, 0.25) is 0 Å². The third kappa shape index (κ3) is 3.50. The monoisotopic (exact) mass is 395 g/mol. The highest BCUT2D eigenvalue weighted by Gasteiger charge is 2.22. The van der Waals surface area contributed by atoms with Crippen molar-refractivity contribution in [1.82, 2.24) is 15.1 Å². The number of nitrogens with zero attached hydrogens (tertiary/aromatic N) is 2. The van der Waals surface area contributed by atoms with Crippen LogP contribution in [-0.4, -0.2) is 34.1 Å². The molecule has 3 aromatic carbocycles. The van der Waals surface area contributed by atoms with Crippen LogP contribution in [0.15, 0.2) is 72.8 Å². The summed E-state index contributed by atoms with van der Waals surface area (Å²) in [6, 6.07) is 24.6. The van der Waals surface area contributed by atoms with E-state index in [2.05, 4.69) is 65.7 Å². The average molecular weight is 396 g/mol. The van der Waals surface area contributed by atoms with Gasteiger partial charge in [0.1, 0.15) is 0 Å². The smallest absolute Gasteiger partial charge is 0.253 e. The fourth-order valence-electron chi connectivity index (χ4n) is 4.41. The lowest BCUT2D eigenvalue weighted by atomic mass is 9.99. The number of rotatable bonds is 3. The fraction of sp³-hybridized carbons (Fsp3) is 0.231. The van der Waals surface area contributed by atoms with Crippen molar-refractivity contribution in [3.8, 4) is 22.5 Å². The van der Waals surface area contributed by atoms with Crippen LogP contribution in [0.1, 0.15) is 30.1 Å². The summed E-state index contributed by atoms with van der Waals surface area (Å²) in [5, 5.41) is 10.1. The SMILES string of the molecule is C[C@H]1CCCN(C(=O)c2ccc(-c3cc(-c4cccc5ccccc45)[nH]n3)cc2)C1. The van der Waals surface area contributed by atoms with Gasteiger partial charge in [-0.1, -0.05) is 61.5 Å². The van der Waals surface area contributed by atoms with Gasteiger partial charge in [-0.15, -0.1) is 0 Å². The van der Waals surface area contributed by atoms with Gasteiger partial charge in [0.15, 0.2) is 0 Å². The Morgan fingerprint density at radius 3 is 2.67 bits per heavy atom. The molecular weight excluding hydrogens is 370 g/mol. The molecule has 1 amide bonds. The van der Waals surface area contributed by atoms with Gasteiger partial charge in [0.05, 0.1) is 11.4 Å². The number of likely N-dealkylation sites (tertiary alicyclic amines) is 1. The molecule has 5 rings (SSSR count). The first-order chi connectivity index (χ1) is 14.7. The minimum absolute atomic E-state index is 0.131. The molecule has 30 heavy (non-hydrogen) atoms. The van der Waals surface area contributed by atoms with Crippen LogP contribution in [0.25, 0.3) is 33.3 Å². The van der Waals surface area contributed by atoms with Gasteiger partial charge in [0, 0.05) is 29.8 Å². The van der Waals surface area contributed by atoms with Crippen molar-refractivity contribution in [3.63, 3.8) is 0 Å². The maximum absolute atomic E-state index is 12.8. The quantitative estimate of drug-likeness (QED) is 0.479. The second kappa shape index (κ2) is 7.79. The molecule has 1 aromatic heterocycles. The minimum Gasteiger partial charge on any atom is -0.338 e. The van der Waals surface area contributed by atoms with Gasteiger partial charge < -0.3 is 4.90 Å². The summed E-state index contributed by atoms with van der Waals surface area (Å²) in [4.78, 5) is 14.8. The van der Waals surface area contributed by atoms with E-state index in [0.717, 1.165) is 47.6 Å². The van der Waals surface area contributed by atoms with Crippen molar-refractivity contribution in [2.24, 2.45) is 5.92 Å². The summed E-state index contributed by atoms with van der Waals surface area (Å²) in [5.41, 5.74) is 4.75. The summed E-state index contributed by atoms with van der Waals surface area (Å²) in [6.45, 7) is 3.93. The van der Waals surface area contributed by atoms with E-state index in [1.54, 1.807) is 0 Å². The zero-order chi connectivity index (χ0) is 20.5. The van der Waals surface area contributed by atoms with E-state index in [1.165, 1.54) is 17.2 Å². The lowest BCUT2D eigenvalue weighted by Crippen LogP contribution is -2.39. The summed E-state index contributed by atoms with van der Waals surface area (Å²) in [7, 11) is 0. The van der Waals surface area contributed by atoms with Crippen molar-refractivity contribution in [3.05, 3.63) is 78.4 Å². The number of H-pyrrole nitrogens is 1. The van der Waals surface area contributed by atoms with Gasteiger partial charge in [-0.3, -0.25) is 9.89 Å². The Balaban J connectivity index is 1.39. The molecule has 1 atom stereocenters. The number of amides is 1. The Hall–Kier alpha value is -3.40. The van der Waals surface area contributed by atoms with Crippen LogP contribution in [0.5, 0.6) is 0 Å². The van der Waals surface area contributed by atoms with Crippen LogP contribution in [0.3, 0.4) is 0 Å². The van der Waals surface area contributed by atoms with Crippen LogP contribution >= 0.6 is 0 Å². The maximum atomic E-state index is 12.8. The van der Waals surface area contributed by atoms with Crippen molar-refractivity contribution in [2.75, 3.05) is 13.1 Å². The zero-order valence-corrected chi connectivity index (χ0v) is 17.1. The topological polar surface area (TPSA) is 49.0 Å². The lowest BCUT2D eigenvalue weighted by molar-refractivity contribution is 0.0683. The van der Waals surface area contributed by atoms with Crippen LogP contribution in [0.4, 0.5) is 0 Å². The van der Waals surface area contributed by atoms with Crippen LogP contribution in [0.2, 0.25) is 0 Å². The summed E-state index contributed by atoms with van der Waals surface area (Å²) in [5.74, 6) is 0.713. The van der Waals surface area contributed by atoms with E-state index >= 15 is 0 Å². The number of piperidine rings is 1. The summed E-state index contributed by atoms with van der Waals surface area (Å²) in [6.07, 6.45) is 2.30. The Kier molecular flexibility index (Phi) is 4.83. The second-order valence-electron chi connectivity index (χ2n) is 8.27. The van der Waals surface area contributed by atoms with Crippen molar-refractivity contribution >= 4 is 16.7 Å². The standard InChI is InChI=1S/C26H25N3O/c1-18-6-5-15-29(17-18)26(30)21-13-11-20(12-14-21)24-16-25(28-27-24)23-10-4-8-19-7-2-3-9-22(19)23/h2-4,7-14,16,18H,5-6,15,17H2,1H3,(H,27,28)/t18-/m0/s1. The number of nitrogens with one attached hydrogen (secondary N) is 1. The molecule has 150 valence electrons. The first kappa shape index (κ1) is 18.6. The molecule has 0 bridgehead atoms. The molecule has 4 aromatic rings. The van der Waals surface area contributed by atoms with Crippen molar-refractivity contribution in [1.29, 1.82) is 0 Å². The van der Waals surface area contributed by atoms with Crippen LogP contribution in [0, 0.1) is 5.92 Å². The molecule has 0 radical (unpaired) electrons. The van der Waals surface area contributed by atoms with Crippen LogP contribution < -0.4 is 0 Å². The lowest BCUT2D eigenvalue weighted by Gasteiger charge is -2.31. The molecule has 4 nitrogen and oxygen atoms in total. The molecule has 0 spiro atoms. The number of hydrogen-bond acceptors (Lipinski definition) is 2. The Bertz CT molecular complexity index is 1190. The van der Waals surface area contributed by atoms with E-state index in [0.29, 0.717) is 5.92 Å². The Morgan fingerprint density at radius 1 is 1.03 bits per heavy atom. The predicted molar refractivity (Wildman–Crippen MR) is 121 cm³/mol. The molecule has 0 unspecified atom stereocenters. The number of aromatic amines is 1. The van der Waals surface area contributed by atoms with Gasteiger partial charge in [-0.05, 0) is 47.7 Å². The van der Waals surface area contributed by atoms with Crippen LogP contribution in [-0.2, 0) is 0 Å². The maximum Gasteiger partial charge on any atom is 0.253 e. The Labute approximate surface area is 176 Å². The van der Waals surface area contributed by atoms with E-state index in [-0.39, 0.29) is 5.91 Å². The highest BCUT2D eigenvalue weighted by atomic mass is 16.2. The van der Waals surface area contributed by atoms with E-state index in [4.69, 9.17) is 0 Å². The number of carbonyl (C=O) groups excluding carboxylic acids is 1. The number of aromatic nitrogens is 2. The third-order valence-corrected chi connectivity index (χ3v) is 6.03. The largest absolute Gasteiger partial charge is 0.338 e. The molecule has 2 heterocycles. The van der Waals surface area contributed by atoms with Crippen molar-refractivity contribution in [2.45, 2.75) is 19.8 Å². The second-order valence-corrected chi connectivity index (χ2v) is 8.27. The normalized spacial score (nSPS) is 16.7. The third-order valence-electron chi connectivity index (χ3n) is 6.03. The first-order valence-electron chi connectivity index (χ1n) is 10.6. The Morgan fingerprint density at radius 2 is 1.83 bits per heavy atom. The summed E-state index contributed by atoms with van der Waals surface area (Å²) < 4.78 is 0. The molecular formula is C26H25N3O.